The van der Waals surface area contributed by atoms with Crippen LogP contribution in [0.4, 0.5) is 0 Å². The Kier molecular flexibility index (Phi) is 4.29. The first kappa shape index (κ1) is 14.2. The van der Waals surface area contributed by atoms with Crippen molar-refractivity contribution in [2.45, 2.75) is 32.6 Å². The summed E-state index contributed by atoms with van der Waals surface area (Å²) in [6.07, 6.45) is 5.76. The van der Waals surface area contributed by atoms with Gasteiger partial charge < -0.3 is 4.90 Å². The van der Waals surface area contributed by atoms with E-state index >= 15 is 0 Å². The topological polar surface area (TPSA) is 46.1 Å². The smallest absolute Gasteiger partial charge is 0.265 e. The van der Waals surface area contributed by atoms with Crippen LogP contribution in [0.1, 0.15) is 38.9 Å². The van der Waals surface area contributed by atoms with Crippen LogP contribution in [0.25, 0.3) is 0 Å². The van der Waals surface area contributed by atoms with Gasteiger partial charge in [0.15, 0.2) is 0 Å². The van der Waals surface area contributed by atoms with Crippen LogP contribution >= 0.6 is 11.3 Å². The zero-order chi connectivity index (χ0) is 14.7. The van der Waals surface area contributed by atoms with Gasteiger partial charge in [0.2, 0.25) is 0 Å². The first-order chi connectivity index (χ1) is 10.2. The number of rotatable bonds is 4. The van der Waals surface area contributed by atoms with Crippen molar-refractivity contribution in [3.05, 3.63) is 45.7 Å². The summed E-state index contributed by atoms with van der Waals surface area (Å²) in [5, 5.41) is 1.03. The van der Waals surface area contributed by atoms with Crippen molar-refractivity contribution in [3.63, 3.8) is 0 Å². The van der Waals surface area contributed by atoms with Crippen molar-refractivity contribution in [1.82, 2.24) is 14.9 Å². The second-order valence-electron chi connectivity index (χ2n) is 5.34. The van der Waals surface area contributed by atoms with E-state index in [4.69, 9.17) is 0 Å². The summed E-state index contributed by atoms with van der Waals surface area (Å²) in [7, 11) is 0. The Morgan fingerprint density at radius 2 is 2.10 bits per heavy atom. The maximum Gasteiger partial charge on any atom is 0.265 e. The SMILES string of the molecule is Cc1nc(CCc2ccccn2)sc1C(=O)N1CCCC1. The third-order valence-electron chi connectivity index (χ3n) is 3.75. The molecule has 3 heterocycles. The quantitative estimate of drug-likeness (QED) is 0.872. The standard InChI is InChI=1S/C16H19N3OS/c1-12-15(16(20)19-10-4-5-11-19)21-14(18-12)8-7-13-6-2-3-9-17-13/h2-3,6,9H,4-5,7-8,10-11H2,1H3. The number of aryl methyl sites for hydroxylation is 3. The molecule has 1 fully saturated rings. The van der Waals surface area contributed by atoms with Crippen molar-refractivity contribution >= 4 is 17.2 Å². The molecule has 0 radical (unpaired) electrons. The molecule has 0 spiro atoms. The molecule has 0 saturated carbocycles. The van der Waals surface area contributed by atoms with E-state index in [9.17, 15) is 4.79 Å². The van der Waals surface area contributed by atoms with Gasteiger partial charge in [0.05, 0.1) is 10.7 Å². The van der Waals surface area contributed by atoms with E-state index in [1.165, 1.54) is 0 Å². The average Bonchev–Trinajstić information content (AvgIpc) is 3.15. The lowest BCUT2D eigenvalue weighted by Crippen LogP contribution is -2.27. The molecular formula is C16H19N3OS. The number of hydrogen-bond acceptors (Lipinski definition) is 4. The van der Waals surface area contributed by atoms with E-state index in [1.807, 2.05) is 36.2 Å². The van der Waals surface area contributed by atoms with Gasteiger partial charge in [-0.3, -0.25) is 9.78 Å². The van der Waals surface area contributed by atoms with E-state index < -0.39 is 0 Å². The Morgan fingerprint density at radius 1 is 1.29 bits per heavy atom. The zero-order valence-corrected chi connectivity index (χ0v) is 13.0. The number of carbonyl (C=O) groups excluding carboxylic acids is 1. The second kappa shape index (κ2) is 6.35. The van der Waals surface area contributed by atoms with Crippen molar-refractivity contribution in [2.75, 3.05) is 13.1 Å². The fourth-order valence-electron chi connectivity index (χ4n) is 2.60. The van der Waals surface area contributed by atoms with Crippen LogP contribution in [0, 0.1) is 6.92 Å². The highest BCUT2D eigenvalue weighted by Gasteiger charge is 2.23. The molecule has 0 aliphatic carbocycles. The van der Waals surface area contributed by atoms with Crippen LogP contribution < -0.4 is 0 Å². The molecule has 0 unspecified atom stereocenters. The van der Waals surface area contributed by atoms with Crippen molar-refractivity contribution in [3.8, 4) is 0 Å². The number of amides is 1. The largest absolute Gasteiger partial charge is 0.338 e. The molecule has 110 valence electrons. The molecule has 2 aromatic heterocycles. The van der Waals surface area contributed by atoms with Crippen LogP contribution in [-0.2, 0) is 12.8 Å². The van der Waals surface area contributed by atoms with Gasteiger partial charge in [-0.15, -0.1) is 11.3 Å². The van der Waals surface area contributed by atoms with Crippen LogP contribution in [0.3, 0.4) is 0 Å². The number of nitrogens with zero attached hydrogens (tertiary/aromatic N) is 3. The predicted molar refractivity (Wildman–Crippen MR) is 83.6 cm³/mol. The van der Waals surface area contributed by atoms with Crippen molar-refractivity contribution in [2.24, 2.45) is 0 Å². The summed E-state index contributed by atoms with van der Waals surface area (Å²) < 4.78 is 0. The highest BCUT2D eigenvalue weighted by atomic mass is 32.1. The normalized spacial score (nSPS) is 14.6. The first-order valence-corrected chi connectivity index (χ1v) is 8.21. The van der Waals surface area contributed by atoms with Crippen molar-refractivity contribution < 1.29 is 4.79 Å². The summed E-state index contributed by atoms with van der Waals surface area (Å²) in [5.74, 6) is 0.159. The van der Waals surface area contributed by atoms with Gasteiger partial charge in [-0.05, 0) is 38.3 Å². The second-order valence-corrected chi connectivity index (χ2v) is 6.43. The van der Waals surface area contributed by atoms with Crippen LogP contribution in [0.5, 0.6) is 0 Å². The summed E-state index contributed by atoms with van der Waals surface area (Å²) in [5.41, 5.74) is 1.94. The minimum absolute atomic E-state index is 0.159. The number of aromatic nitrogens is 2. The fourth-order valence-corrected chi connectivity index (χ4v) is 3.63. The lowest BCUT2D eigenvalue weighted by atomic mass is 10.2. The summed E-state index contributed by atoms with van der Waals surface area (Å²) >= 11 is 1.54. The van der Waals surface area contributed by atoms with Gasteiger partial charge in [0.25, 0.3) is 5.91 Å². The summed E-state index contributed by atoms with van der Waals surface area (Å²) in [4.78, 5) is 24.1. The van der Waals surface area contributed by atoms with E-state index in [-0.39, 0.29) is 5.91 Å². The third-order valence-corrected chi connectivity index (χ3v) is 4.95. The maximum absolute atomic E-state index is 12.4. The van der Waals surface area contributed by atoms with E-state index in [0.29, 0.717) is 0 Å². The molecule has 2 aromatic rings. The predicted octanol–water partition coefficient (Wildman–Crippen LogP) is 2.87. The molecular weight excluding hydrogens is 282 g/mol. The Morgan fingerprint density at radius 3 is 2.81 bits per heavy atom. The van der Waals surface area contributed by atoms with Gasteiger partial charge >= 0.3 is 0 Å². The zero-order valence-electron chi connectivity index (χ0n) is 12.2. The summed E-state index contributed by atoms with van der Waals surface area (Å²) in [6, 6.07) is 5.94. The maximum atomic E-state index is 12.4. The number of likely N-dealkylation sites (tertiary alicyclic amines) is 1. The van der Waals surface area contributed by atoms with Crippen molar-refractivity contribution in [1.29, 1.82) is 0 Å². The van der Waals surface area contributed by atoms with Gasteiger partial charge in [0.1, 0.15) is 4.88 Å². The Bertz CT molecular complexity index is 618. The highest BCUT2D eigenvalue weighted by Crippen LogP contribution is 2.23. The first-order valence-electron chi connectivity index (χ1n) is 7.39. The molecule has 0 bridgehead atoms. The molecule has 0 atom stereocenters. The molecule has 0 aromatic carbocycles. The van der Waals surface area contributed by atoms with Gasteiger partial charge in [-0.1, -0.05) is 6.07 Å². The Hall–Kier alpha value is -1.75. The van der Waals surface area contributed by atoms with Gasteiger partial charge in [-0.2, -0.15) is 0 Å². The lowest BCUT2D eigenvalue weighted by Gasteiger charge is -2.13. The monoisotopic (exact) mass is 301 g/mol. The fraction of sp³-hybridized carbons (Fsp3) is 0.438. The Labute approximate surface area is 128 Å². The molecule has 21 heavy (non-hydrogen) atoms. The van der Waals surface area contributed by atoms with E-state index in [2.05, 4.69) is 9.97 Å². The van der Waals surface area contributed by atoms with E-state index in [1.54, 1.807) is 11.3 Å². The van der Waals surface area contributed by atoms with Crippen LogP contribution in [-0.4, -0.2) is 33.9 Å². The molecule has 0 N–H and O–H groups in total. The average molecular weight is 301 g/mol. The molecule has 1 amide bonds. The number of thiazole rings is 1. The van der Waals surface area contributed by atoms with Crippen LogP contribution in [0.15, 0.2) is 24.4 Å². The molecule has 1 saturated heterocycles. The summed E-state index contributed by atoms with van der Waals surface area (Å²) in [6.45, 7) is 3.71. The molecule has 1 aliphatic heterocycles. The highest BCUT2D eigenvalue weighted by molar-refractivity contribution is 7.13. The molecule has 1 aliphatic rings. The number of pyridine rings is 1. The number of hydrogen-bond donors (Lipinski definition) is 0. The minimum Gasteiger partial charge on any atom is -0.338 e. The minimum atomic E-state index is 0.159. The molecule has 5 heteroatoms. The third kappa shape index (κ3) is 3.29. The van der Waals surface area contributed by atoms with Gasteiger partial charge in [0, 0.05) is 31.4 Å². The van der Waals surface area contributed by atoms with Gasteiger partial charge in [-0.25, -0.2) is 4.98 Å². The van der Waals surface area contributed by atoms with Crippen LogP contribution in [0.2, 0.25) is 0 Å². The Balaban J connectivity index is 1.67. The van der Waals surface area contributed by atoms with E-state index in [0.717, 1.165) is 60.0 Å². The molecule has 3 rings (SSSR count). The number of carbonyl (C=O) groups is 1. The lowest BCUT2D eigenvalue weighted by molar-refractivity contribution is 0.0796. The molecule has 4 nitrogen and oxygen atoms in total.